The summed E-state index contributed by atoms with van der Waals surface area (Å²) in [4.78, 5) is 22.8. The lowest BCUT2D eigenvalue weighted by Crippen LogP contribution is -2.49. The van der Waals surface area contributed by atoms with Gasteiger partial charge in [-0.25, -0.2) is 9.59 Å². The molecule has 20 heavy (non-hydrogen) atoms. The average Bonchev–Trinajstić information content (AvgIpc) is 2.86. The van der Waals surface area contributed by atoms with E-state index >= 15 is 0 Å². The third kappa shape index (κ3) is 6.01. The molecule has 0 saturated heterocycles. The van der Waals surface area contributed by atoms with E-state index in [4.69, 9.17) is 9.52 Å². The van der Waals surface area contributed by atoms with Gasteiger partial charge in [0.25, 0.3) is 0 Å². The SMILES string of the molecule is CSCC[C@H](NC(=O)NC(C)Cc1ccco1)C(=O)O. The summed E-state index contributed by atoms with van der Waals surface area (Å²) in [5.41, 5.74) is 0. The first-order valence-corrected chi connectivity index (χ1v) is 7.73. The molecule has 0 fully saturated rings. The van der Waals surface area contributed by atoms with Gasteiger partial charge in [-0.2, -0.15) is 11.8 Å². The molecule has 112 valence electrons. The number of rotatable bonds is 8. The summed E-state index contributed by atoms with van der Waals surface area (Å²) < 4.78 is 5.19. The van der Waals surface area contributed by atoms with Crippen molar-refractivity contribution in [1.82, 2.24) is 10.6 Å². The van der Waals surface area contributed by atoms with Crippen LogP contribution >= 0.6 is 11.8 Å². The maximum atomic E-state index is 11.7. The van der Waals surface area contributed by atoms with Crippen LogP contribution in [0.3, 0.4) is 0 Å². The van der Waals surface area contributed by atoms with Crippen LogP contribution in [-0.2, 0) is 11.2 Å². The molecule has 1 unspecified atom stereocenters. The van der Waals surface area contributed by atoms with E-state index in [9.17, 15) is 9.59 Å². The molecule has 2 atom stereocenters. The van der Waals surface area contributed by atoms with Gasteiger partial charge in [0.15, 0.2) is 0 Å². The molecule has 0 aromatic carbocycles. The van der Waals surface area contributed by atoms with Crippen LogP contribution in [0.15, 0.2) is 22.8 Å². The molecule has 0 saturated carbocycles. The fourth-order valence-electron chi connectivity index (χ4n) is 1.70. The number of nitrogens with one attached hydrogen (secondary N) is 2. The molecule has 1 rings (SSSR count). The van der Waals surface area contributed by atoms with Gasteiger partial charge in [0, 0.05) is 12.5 Å². The fourth-order valence-corrected chi connectivity index (χ4v) is 2.17. The van der Waals surface area contributed by atoms with Crippen LogP contribution in [0.1, 0.15) is 19.1 Å². The van der Waals surface area contributed by atoms with Crippen molar-refractivity contribution in [1.29, 1.82) is 0 Å². The lowest BCUT2D eigenvalue weighted by molar-refractivity contribution is -0.139. The predicted molar refractivity (Wildman–Crippen MR) is 78.0 cm³/mol. The summed E-state index contributed by atoms with van der Waals surface area (Å²) in [6.07, 6.45) is 4.43. The van der Waals surface area contributed by atoms with E-state index in [0.29, 0.717) is 18.6 Å². The molecule has 6 nitrogen and oxygen atoms in total. The van der Waals surface area contributed by atoms with Crippen LogP contribution in [0.4, 0.5) is 4.79 Å². The Hall–Kier alpha value is -1.63. The van der Waals surface area contributed by atoms with Gasteiger partial charge in [-0.05, 0) is 37.5 Å². The molecule has 0 aliphatic heterocycles. The van der Waals surface area contributed by atoms with Gasteiger partial charge in [-0.3, -0.25) is 0 Å². The van der Waals surface area contributed by atoms with Crippen molar-refractivity contribution in [3.8, 4) is 0 Å². The summed E-state index contributed by atoms with van der Waals surface area (Å²) in [6, 6.07) is 2.13. The lowest BCUT2D eigenvalue weighted by atomic mass is 10.2. The monoisotopic (exact) mass is 300 g/mol. The van der Waals surface area contributed by atoms with Gasteiger partial charge in [0.2, 0.25) is 0 Å². The van der Waals surface area contributed by atoms with E-state index in [1.807, 2.05) is 19.2 Å². The molecular formula is C13H20N2O4S. The molecule has 1 aromatic rings. The zero-order valence-electron chi connectivity index (χ0n) is 11.6. The minimum atomic E-state index is -1.02. The van der Waals surface area contributed by atoms with Gasteiger partial charge in [-0.15, -0.1) is 0 Å². The van der Waals surface area contributed by atoms with E-state index in [1.54, 1.807) is 24.1 Å². The number of furan rings is 1. The molecule has 0 radical (unpaired) electrons. The highest BCUT2D eigenvalue weighted by molar-refractivity contribution is 7.98. The van der Waals surface area contributed by atoms with Crippen molar-refractivity contribution in [2.24, 2.45) is 0 Å². The Kier molecular flexibility index (Phi) is 7.00. The van der Waals surface area contributed by atoms with Crippen molar-refractivity contribution in [2.45, 2.75) is 31.8 Å². The first kappa shape index (κ1) is 16.4. The molecule has 2 amide bonds. The van der Waals surface area contributed by atoms with Gasteiger partial charge in [0.05, 0.1) is 6.26 Å². The van der Waals surface area contributed by atoms with E-state index in [-0.39, 0.29) is 6.04 Å². The van der Waals surface area contributed by atoms with E-state index in [0.717, 1.165) is 5.76 Å². The Bertz CT molecular complexity index is 422. The quantitative estimate of drug-likeness (QED) is 0.680. The number of carbonyl (C=O) groups is 2. The topological polar surface area (TPSA) is 91.6 Å². The first-order chi connectivity index (χ1) is 9.52. The van der Waals surface area contributed by atoms with Gasteiger partial charge in [0.1, 0.15) is 11.8 Å². The minimum absolute atomic E-state index is 0.142. The number of carboxylic acids is 1. The third-order valence-electron chi connectivity index (χ3n) is 2.68. The third-order valence-corrected chi connectivity index (χ3v) is 3.32. The predicted octanol–water partition coefficient (Wildman–Crippen LogP) is 1.72. The molecule has 3 N–H and O–H groups in total. The number of carboxylic acid groups (broad SMARTS) is 1. The largest absolute Gasteiger partial charge is 0.480 e. The number of thioether (sulfide) groups is 1. The summed E-state index contributed by atoms with van der Waals surface area (Å²) in [7, 11) is 0. The van der Waals surface area contributed by atoms with E-state index in [2.05, 4.69) is 10.6 Å². The summed E-state index contributed by atoms with van der Waals surface area (Å²) in [6.45, 7) is 1.83. The highest BCUT2D eigenvalue weighted by Crippen LogP contribution is 2.04. The van der Waals surface area contributed by atoms with Crippen molar-refractivity contribution >= 4 is 23.8 Å². The molecule has 7 heteroatoms. The molecule has 0 bridgehead atoms. The highest BCUT2D eigenvalue weighted by atomic mass is 32.2. The minimum Gasteiger partial charge on any atom is -0.480 e. The maximum absolute atomic E-state index is 11.7. The average molecular weight is 300 g/mol. The summed E-state index contributed by atoms with van der Waals surface area (Å²) >= 11 is 1.54. The smallest absolute Gasteiger partial charge is 0.326 e. The standard InChI is InChI=1S/C13H20N2O4S/c1-9(8-10-4-3-6-19-10)14-13(18)15-11(12(16)17)5-7-20-2/h3-4,6,9,11H,5,7-8H2,1-2H3,(H,16,17)(H2,14,15,18)/t9?,11-/m0/s1. The molecule has 1 aromatic heterocycles. The van der Waals surface area contributed by atoms with Crippen LogP contribution in [0, 0.1) is 0 Å². The Balaban J connectivity index is 2.38. The number of hydrogen-bond acceptors (Lipinski definition) is 4. The zero-order chi connectivity index (χ0) is 15.0. The van der Waals surface area contributed by atoms with Crippen LogP contribution < -0.4 is 10.6 Å². The van der Waals surface area contributed by atoms with Crippen molar-refractivity contribution < 1.29 is 19.1 Å². The molecule has 0 aliphatic carbocycles. The van der Waals surface area contributed by atoms with E-state index < -0.39 is 18.0 Å². The summed E-state index contributed by atoms with van der Waals surface area (Å²) in [5.74, 6) is 0.432. The van der Waals surface area contributed by atoms with Crippen molar-refractivity contribution in [2.75, 3.05) is 12.0 Å². The Morgan fingerprint density at radius 3 is 2.75 bits per heavy atom. The van der Waals surface area contributed by atoms with Crippen LogP contribution in [0.2, 0.25) is 0 Å². The normalized spacial score (nSPS) is 13.5. The number of hydrogen-bond donors (Lipinski definition) is 3. The second-order valence-corrected chi connectivity index (χ2v) is 5.46. The van der Waals surface area contributed by atoms with Crippen molar-refractivity contribution in [3.05, 3.63) is 24.2 Å². The van der Waals surface area contributed by atoms with Crippen molar-refractivity contribution in [3.63, 3.8) is 0 Å². The Labute approximate surface area is 122 Å². The second-order valence-electron chi connectivity index (χ2n) is 4.47. The molecular weight excluding hydrogens is 280 g/mol. The molecule has 1 heterocycles. The lowest BCUT2D eigenvalue weighted by Gasteiger charge is -2.17. The first-order valence-electron chi connectivity index (χ1n) is 6.34. The van der Waals surface area contributed by atoms with Crippen LogP contribution in [-0.4, -0.2) is 41.2 Å². The van der Waals surface area contributed by atoms with Crippen LogP contribution in [0.5, 0.6) is 0 Å². The molecule has 0 spiro atoms. The van der Waals surface area contributed by atoms with Gasteiger partial charge in [-0.1, -0.05) is 0 Å². The van der Waals surface area contributed by atoms with Gasteiger partial charge >= 0.3 is 12.0 Å². The number of urea groups is 1. The number of carbonyl (C=O) groups excluding carboxylic acids is 1. The highest BCUT2D eigenvalue weighted by Gasteiger charge is 2.20. The Morgan fingerprint density at radius 1 is 1.45 bits per heavy atom. The summed E-state index contributed by atoms with van der Waals surface area (Å²) in [5, 5.41) is 14.2. The van der Waals surface area contributed by atoms with E-state index in [1.165, 1.54) is 0 Å². The van der Waals surface area contributed by atoms with Gasteiger partial charge < -0.3 is 20.2 Å². The van der Waals surface area contributed by atoms with Crippen LogP contribution in [0.25, 0.3) is 0 Å². The Morgan fingerprint density at radius 2 is 2.20 bits per heavy atom. The maximum Gasteiger partial charge on any atom is 0.326 e. The fraction of sp³-hybridized carbons (Fsp3) is 0.538. The number of aliphatic carboxylic acids is 1. The second kappa shape index (κ2) is 8.52. The zero-order valence-corrected chi connectivity index (χ0v) is 12.4. The molecule has 0 aliphatic rings. The number of amides is 2.